The molecule has 0 radical (unpaired) electrons. The van der Waals surface area contributed by atoms with Gasteiger partial charge in [-0.05, 0) is 49.9 Å². The van der Waals surface area contributed by atoms with Gasteiger partial charge in [-0.1, -0.05) is 23.2 Å². The summed E-state index contributed by atoms with van der Waals surface area (Å²) in [6, 6.07) is 7.59. The van der Waals surface area contributed by atoms with E-state index in [-0.39, 0.29) is 40.8 Å². The third-order valence-electron chi connectivity index (χ3n) is 7.49. The highest BCUT2D eigenvalue weighted by Gasteiger charge is 2.57. The number of ether oxygens (including phenoxy) is 3. The van der Waals surface area contributed by atoms with E-state index in [1.807, 2.05) is 0 Å². The number of fused-ring (bicyclic) bond motifs is 3. The number of hydrogen-bond acceptors (Lipinski definition) is 8. The summed E-state index contributed by atoms with van der Waals surface area (Å²) in [6.45, 7) is -0.836. The molecule has 2 amide bonds. The molecule has 228 valence electrons. The Balaban J connectivity index is 1.41. The van der Waals surface area contributed by atoms with Crippen molar-refractivity contribution in [1.29, 1.82) is 0 Å². The highest BCUT2D eigenvalue weighted by molar-refractivity contribution is 6.31. The average molecular weight is 631 g/mol. The number of nitrogens with one attached hydrogen (secondary N) is 2. The van der Waals surface area contributed by atoms with Crippen LogP contribution in [-0.2, 0) is 19.1 Å². The van der Waals surface area contributed by atoms with Crippen LogP contribution < -0.4 is 20.1 Å². The van der Waals surface area contributed by atoms with Gasteiger partial charge in [-0.2, -0.15) is 0 Å². The van der Waals surface area contributed by atoms with Gasteiger partial charge in [-0.15, -0.1) is 0 Å². The largest absolute Gasteiger partial charge is 0.484 e. The van der Waals surface area contributed by atoms with Crippen LogP contribution >= 0.6 is 23.2 Å². The SMILES string of the molecule is O=C(COc1ccc(Cl)c(F)c1)NC12CCC(NC(=O)COc3ccc(Cl)c(F)c3)(CC1)[C@@H](OC(=O)CCC(O)O)C2. The second-order valence-electron chi connectivity index (χ2n) is 10.5. The van der Waals surface area contributed by atoms with E-state index >= 15 is 0 Å². The summed E-state index contributed by atoms with van der Waals surface area (Å²) in [5.74, 6) is -2.85. The summed E-state index contributed by atoms with van der Waals surface area (Å²) in [6.07, 6.45) is -1.30. The van der Waals surface area contributed by atoms with Gasteiger partial charge in [0.05, 0.1) is 22.0 Å². The molecule has 3 saturated carbocycles. The van der Waals surface area contributed by atoms with Crippen molar-refractivity contribution in [3.63, 3.8) is 0 Å². The van der Waals surface area contributed by atoms with Crippen LogP contribution in [0.3, 0.4) is 0 Å². The Labute approximate surface area is 250 Å². The van der Waals surface area contributed by atoms with Gasteiger partial charge in [0.15, 0.2) is 19.5 Å². The lowest BCUT2D eigenvalue weighted by Gasteiger charge is -2.57. The third-order valence-corrected chi connectivity index (χ3v) is 8.10. The molecule has 5 rings (SSSR count). The summed E-state index contributed by atoms with van der Waals surface area (Å²) in [5.41, 5.74) is -1.74. The molecule has 0 spiro atoms. The maximum Gasteiger partial charge on any atom is 0.306 e. The highest BCUT2D eigenvalue weighted by Crippen LogP contribution is 2.48. The molecule has 0 aliphatic heterocycles. The number of carbonyl (C=O) groups is 3. The van der Waals surface area contributed by atoms with Gasteiger partial charge in [-0.3, -0.25) is 14.4 Å². The van der Waals surface area contributed by atoms with Gasteiger partial charge in [0, 0.05) is 30.5 Å². The summed E-state index contributed by atoms with van der Waals surface area (Å²) in [7, 11) is 0. The number of benzene rings is 2. The minimum absolute atomic E-state index is 0.0785. The number of aliphatic hydroxyl groups is 2. The van der Waals surface area contributed by atoms with Gasteiger partial charge in [0.2, 0.25) is 0 Å². The van der Waals surface area contributed by atoms with Crippen molar-refractivity contribution in [3.8, 4) is 11.5 Å². The molecule has 0 unspecified atom stereocenters. The van der Waals surface area contributed by atoms with Crippen LogP contribution in [0.2, 0.25) is 10.0 Å². The number of halogens is 4. The first-order chi connectivity index (χ1) is 19.9. The Bertz CT molecular complexity index is 1320. The van der Waals surface area contributed by atoms with Crippen molar-refractivity contribution in [2.75, 3.05) is 13.2 Å². The lowest BCUT2D eigenvalue weighted by atomic mass is 9.59. The van der Waals surface area contributed by atoms with E-state index in [0.717, 1.165) is 12.1 Å². The second kappa shape index (κ2) is 13.4. The first-order valence-corrected chi connectivity index (χ1v) is 14.0. The molecular formula is C28H30Cl2F2N2O8. The van der Waals surface area contributed by atoms with Crippen molar-refractivity contribution in [2.24, 2.45) is 0 Å². The quantitative estimate of drug-likeness (QED) is 0.206. The summed E-state index contributed by atoms with van der Waals surface area (Å²) in [5, 5.41) is 24.0. The topological polar surface area (TPSA) is 143 Å². The molecule has 0 aromatic heterocycles. The molecule has 2 bridgehead atoms. The molecule has 2 aromatic rings. The number of rotatable bonds is 12. The molecule has 10 nitrogen and oxygen atoms in total. The normalized spacial score (nSPS) is 22.9. The van der Waals surface area contributed by atoms with Crippen molar-refractivity contribution >= 4 is 41.0 Å². The van der Waals surface area contributed by atoms with E-state index in [1.54, 1.807) is 0 Å². The number of esters is 1. The van der Waals surface area contributed by atoms with Gasteiger partial charge in [0.1, 0.15) is 29.2 Å². The molecule has 3 aliphatic rings. The zero-order valence-corrected chi connectivity index (χ0v) is 23.9. The first-order valence-electron chi connectivity index (χ1n) is 13.2. The Kier molecular flexibility index (Phi) is 10.1. The number of hydrogen-bond donors (Lipinski definition) is 4. The molecule has 2 aromatic carbocycles. The molecule has 14 heteroatoms. The Morgan fingerprint density at radius 1 is 0.881 bits per heavy atom. The lowest BCUT2D eigenvalue weighted by Crippen LogP contribution is -2.71. The molecule has 4 N–H and O–H groups in total. The minimum Gasteiger partial charge on any atom is -0.484 e. The van der Waals surface area contributed by atoms with Gasteiger partial charge in [0.25, 0.3) is 11.8 Å². The van der Waals surface area contributed by atoms with Crippen molar-refractivity contribution in [1.82, 2.24) is 10.6 Å². The summed E-state index contributed by atoms with van der Waals surface area (Å²) >= 11 is 11.4. The van der Waals surface area contributed by atoms with Crippen molar-refractivity contribution < 1.29 is 47.6 Å². The zero-order valence-electron chi connectivity index (χ0n) is 22.3. The lowest BCUT2D eigenvalue weighted by molar-refractivity contribution is -0.168. The number of amides is 2. The predicted octanol–water partition coefficient (Wildman–Crippen LogP) is 3.42. The van der Waals surface area contributed by atoms with Gasteiger partial charge in [-0.25, -0.2) is 8.78 Å². The van der Waals surface area contributed by atoms with Crippen molar-refractivity contribution in [3.05, 3.63) is 58.1 Å². The van der Waals surface area contributed by atoms with E-state index in [4.69, 9.17) is 47.6 Å². The zero-order chi connectivity index (χ0) is 30.5. The molecule has 0 heterocycles. The van der Waals surface area contributed by atoms with E-state index in [9.17, 15) is 23.2 Å². The highest BCUT2D eigenvalue weighted by atomic mass is 35.5. The second-order valence-corrected chi connectivity index (χ2v) is 11.3. The van der Waals surface area contributed by atoms with Gasteiger partial charge < -0.3 is 35.1 Å². The fraction of sp³-hybridized carbons (Fsp3) is 0.464. The van der Waals surface area contributed by atoms with E-state index in [0.29, 0.717) is 25.7 Å². The third kappa shape index (κ3) is 8.00. The monoisotopic (exact) mass is 630 g/mol. The summed E-state index contributed by atoms with van der Waals surface area (Å²) in [4.78, 5) is 38.3. The molecule has 3 aliphatic carbocycles. The fourth-order valence-corrected chi connectivity index (χ4v) is 5.56. The summed E-state index contributed by atoms with van der Waals surface area (Å²) < 4.78 is 43.9. The Morgan fingerprint density at radius 2 is 1.40 bits per heavy atom. The maximum absolute atomic E-state index is 13.7. The van der Waals surface area contributed by atoms with Crippen LogP contribution in [0.25, 0.3) is 0 Å². The van der Waals surface area contributed by atoms with Gasteiger partial charge >= 0.3 is 5.97 Å². The molecule has 42 heavy (non-hydrogen) atoms. The van der Waals surface area contributed by atoms with Crippen LogP contribution in [0.1, 0.15) is 44.9 Å². The maximum atomic E-state index is 13.7. The minimum atomic E-state index is -1.69. The Morgan fingerprint density at radius 3 is 1.90 bits per heavy atom. The number of carbonyl (C=O) groups excluding carboxylic acids is 3. The fourth-order valence-electron chi connectivity index (χ4n) is 5.33. The van der Waals surface area contributed by atoms with E-state index in [2.05, 4.69) is 10.6 Å². The molecule has 0 saturated heterocycles. The predicted molar refractivity (Wildman–Crippen MR) is 146 cm³/mol. The average Bonchev–Trinajstić information content (AvgIpc) is 2.94. The molecule has 1 atom stereocenters. The van der Waals surface area contributed by atoms with E-state index < -0.39 is 66.1 Å². The number of aliphatic hydroxyl groups excluding tert-OH is 1. The first kappa shape index (κ1) is 31.7. The van der Waals surface area contributed by atoms with Crippen LogP contribution in [0.5, 0.6) is 11.5 Å². The molecule has 3 fully saturated rings. The Hall–Kier alpha value is -3.19. The van der Waals surface area contributed by atoms with Crippen molar-refractivity contribution in [2.45, 2.75) is 68.4 Å². The molecular weight excluding hydrogens is 601 g/mol. The van der Waals surface area contributed by atoms with Crippen LogP contribution in [0.4, 0.5) is 8.78 Å². The van der Waals surface area contributed by atoms with E-state index in [1.165, 1.54) is 24.3 Å². The smallest absolute Gasteiger partial charge is 0.306 e. The van der Waals surface area contributed by atoms with Crippen LogP contribution in [-0.4, -0.2) is 64.7 Å². The standard InChI is InChI=1S/C28H30Cl2F2N2O8/c29-18-3-1-16(11-20(18)31)40-14-23(35)33-27-7-9-28(10-8-27,22(13-27)42-26(39)6-5-25(37)38)34-24(36)15-41-17-2-4-19(30)21(32)12-17/h1-4,11-12,22,25,37-38H,5-10,13-15H2,(H,33,35)(H,34,36)/t22-,27?,28?/m0/s1. The van der Waals surface area contributed by atoms with Crippen LogP contribution in [0, 0.1) is 11.6 Å². The van der Waals surface area contributed by atoms with Crippen LogP contribution in [0.15, 0.2) is 36.4 Å².